The summed E-state index contributed by atoms with van der Waals surface area (Å²) >= 11 is 1.57. The Balaban J connectivity index is 1.55. The number of ether oxygens (including phenoxy) is 3. The molecule has 0 saturated carbocycles. The van der Waals surface area contributed by atoms with Crippen molar-refractivity contribution in [1.29, 1.82) is 0 Å². The van der Waals surface area contributed by atoms with E-state index in [1.165, 1.54) is 0 Å². The number of carboxylic acid groups (broad SMARTS) is 1. The highest BCUT2D eigenvalue weighted by Gasteiger charge is 2.30. The second kappa shape index (κ2) is 9.01. The van der Waals surface area contributed by atoms with Gasteiger partial charge < -0.3 is 19.3 Å². The Labute approximate surface area is 162 Å². The predicted octanol–water partition coefficient (Wildman–Crippen LogP) is 3.25. The number of benzene rings is 2. The maximum absolute atomic E-state index is 11.1. The quantitative estimate of drug-likeness (QED) is 0.671. The van der Waals surface area contributed by atoms with E-state index in [4.69, 9.17) is 19.3 Å². The summed E-state index contributed by atoms with van der Waals surface area (Å²) in [6.45, 7) is 2.84. The lowest BCUT2D eigenvalue weighted by molar-refractivity contribution is -0.138. The van der Waals surface area contributed by atoms with Crippen molar-refractivity contribution in [2.45, 2.75) is 18.3 Å². The van der Waals surface area contributed by atoms with Crippen LogP contribution in [0.15, 0.2) is 42.5 Å². The van der Waals surface area contributed by atoms with Crippen LogP contribution in [-0.4, -0.2) is 43.2 Å². The Morgan fingerprint density at radius 1 is 1.19 bits per heavy atom. The number of carbonyl (C=O) groups is 1. The summed E-state index contributed by atoms with van der Waals surface area (Å²) in [6.07, 6.45) is 0. The van der Waals surface area contributed by atoms with Crippen LogP contribution >= 0.6 is 11.8 Å². The van der Waals surface area contributed by atoms with Gasteiger partial charge in [0.05, 0.1) is 12.5 Å². The number of aryl methyl sites for hydroxylation is 1. The minimum absolute atomic E-state index is 0.0706. The van der Waals surface area contributed by atoms with E-state index in [1.54, 1.807) is 18.9 Å². The van der Waals surface area contributed by atoms with Crippen LogP contribution < -0.4 is 19.5 Å². The second-order valence-corrected chi connectivity index (χ2v) is 7.33. The van der Waals surface area contributed by atoms with E-state index >= 15 is 0 Å². The molecule has 1 aliphatic rings. The third-order valence-electron chi connectivity index (χ3n) is 4.17. The fourth-order valence-corrected chi connectivity index (χ4v) is 4.01. The van der Waals surface area contributed by atoms with Gasteiger partial charge in [0.25, 0.3) is 0 Å². The number of hydrogen-bond acceptors (Lipinski definition) is 6. The summed E-state index contributed by atoms with van der Waals surface area (Å²) < 4.78 is 16.9. The van der Waals surface area contributed by atoms with Crippen LogP contribution in [0.25, 0.3) is 0 Å². The smallest absolute Gasteiger partial charge is 0.321 e. The van der Waals surface area contributed by atoms with Crippen molar-refractivity contribution in [3.8, 4) is 17.2 Å². The molecule has 2 N–H and O–H groups in total. The molecule has 1 saturated heterocycles. The van der Waals surface area contributed by atoms with Crippen molar-refractivity contribution in [3.63, 3.8) is 0 Å². The van der Waals surface area contributed by atoms with Crippen LogP contribution in [0.2, 0.25) is 0 Å². The fourth-order valence-electron chi connectivity index (χ4n) is 2.79. The summed E-state index contributed by atoms with van der Waals surface area (Å²) in [4.78, 5) is 11.1. The molecule has 2 aromatic carbocycles. The van der Waals surface area contributed by atoms with Crippen molar-refractivity contribution < 1.29 is 24.1 Å². The maximum atomic E-state index is 11.1. The molecule has 2 atom stereocenters. The van der Waals surface area contributed by atoms with E-state index in [1.807, 2.05) is 49.4 Å². The molecule has 0 amide bonds. The van der Waals surface area contributed by atoms with E-state index in [9.17, 15) is 4.79 Å². The second-order valence-electron chi connectivity index (χ2n) is 6.19. The monoisotopic (exact) mass is 389 g/mol. The first-order chi connectivity index (χ1) is 13.1. The van der Waals surface area contributed by atoms with Gasteiger partial charge in [0.2, 0.25) is 0 Å². The Hall–Kier alpha value is -2.38. The van der Waals surface area contributed by atoms with Gasteiger partial charge in [0.1, 0.15) is 25.0 Å². The highest BCUT2D eigenvalue weighted by atomic mass is 32.2. The van der Waals surface area contributed by atoms with Crippen LogP contribution in [0.3, 0.4) is 0 Å². The predicted molar refractivity (Wildman–Crippen MR) is 105 cm³/mol. The van der Waals surface area contributed by atoms with Gasteiger partial charge in [0.15, 0.2) is 11.5 Å². The summed E-state index contributed by atoms with van der Waals surface area (Å²) in [5.74, 6) is 1.77. The fraction of sp³-hybridized carbons (Fsp3) is 0.350. The number of carboxylic acids is 1. The first-order valence-corrected chi connectivity index (χ1v) is 9.72. The van der Waals surface area contributed by atoms with Gasteiger partial charge in [-0.05, 0) is 42.3 Å². The van der Waals surface area contributed by atoms with Gasteiger partial charge in [-0.15, -0.1) is 11.8 Å². The normalized spacial score (nSPS) is 18.9. The Bertz CT molecular complexity index is 798. The third-order valence-corrected chi connectivity index (χ3v) is 5.44. The summed E-state index contributed by atoms with van der Waals surface area (Å²) in [7, 11) is 1.59. The van der Waals surface area contributed by atoms with Crippen molar-refractivity contribution in [1.82, 2.24) is 5.32 Å². The maximum Gasteiger partial charge on any atom is 0.321 e. The number of thioether (sulfide) groups is 1. The average Bonchev–Trinajstić information content (AvgIpc) is 3.16. The molecule has 6 nitrogen and oxygen atoms in total. The minimum atomic E-state index is -0.828. The zero-order chi connectivity index (χ0) is 19.2. The van der Waals surface area contributed by atoms with Crippen molar-refractivity contribution in [3.05, 3.63) is 53.6 Å². The third kappa shape index (κ3) is 5.08. The number of nitrogens with one attached hydrogen (secondary N) is 1. The van der Waals surface area contributed by atoms with Crippen LogP contribution in [0.4, 0.5) is 0 Å². The summed E-state index contributed by atoms with van der Waals surface area (Å²) in [5.41, 5.74) is 2.11. The van der Waals surface area contributed by atoms with Crippen LogP contribution in [0.1, 0.15) is 16.5 Å². The molecule has 0 spiro atoms. The molecule has 0 aliphatic carbocycles. The first kappa shape index (κ1) is 19.4. The van der Waals surface area contributed by atoms with E-state index in [-0.39, 0.29) is 5.37 Å². The molecule has 2 aromatic rings. The van der Waals surface area contributed by atoms with Crippen molar-refractivity contribution >= 4 is 17.7 Å². The zero-order valence-corrected chi connectivity index (χ0v) is 16.1. The molecule has 27 heavy (non-hydrogen) atoms. The largest absolute Gasteiger partial charge is 0.493 e. The van der Waals surface area contributed by atoms with Crippen molar-refractivity contribution in [2.24, 2.45) is 0 Å². The molecule has 0 radical (unpaired) electrons. The Morgan fingerprint density at radius 3 is 2.70 bits per heavy atom. The lowest BCUT2D eigenvalue weighted by atomic mass is 10.2. The van der Waals surface area contributed by atoms with Gasteiger partial charge in [-0.2, -0.15) is 0 Å². The highest BCUT2D eigenvalue weighted by molar-refractivity contribution is 7.99. The van der Waals surface area contributed by atoms with Crippen LogP contribution in [0, 0.1) is 6.92 Å². The topological polar surface area (TPSA) is 77.0 Å². The standard InChI is InChI=1S/C20H23NO5S/c1-13-4-3-5-15(10-13)25-8-9-26-17-7-6-14(11-18(17)24-2)19-21-16(12-27-19)20(22)23/h3-7,10-11,16,19,21H,8-9,12H2,1-2H3,(H,22,23). The molecular weight excluding hydrogens is 366 g/mol. The van der Waals surface area contributed by atoms with E-state index in [0.29, 0.717) is 30.5 Å². The van der Waals surface area contributed by atoms with Crippen molar-refractivity contribution in [2.75, 3.05) is 26.1 Å². The zero-order valence-electron chi connectivity index (χ0n) is 15.3. The van der Waals surface area contributed by atoms with E-state index in [0.717, 1.165) is 16.9 Å². The molecule has 1 heterocycles. The number of aliphatic carboxylic acids is 1. The van der Waals surface area contributed by atoms with Crippen LogP contribution in [-0.2, 0) is 4.79 Å². The summed E-state index contributed by atoms with van der Waals surface area (Å²) in [6, 6.07) is 13.0. The van der Waals surface area contributed by atoms with Crippen LogP contribution in [0.5, 0.6) is 17.2 Å². The van der Waals surface area contributed by atoms with Gasteiger partial charge in [-0.25, -0.2) is 0 Å². The van der Waals surface area contributed by atoms with Gasteiger partial charge in [-0.1, -0.05) is 18.2 Å². The lowest BCUT2D eigenvalue weighted by Gasteiger charge is -2.16. The van der Waals surface area contributed by atoms with E-state index in [2.05, 4.69) is 5.32 Å². The van der Waals surface area contributed by atoms with Gasteiger partial charge >= 0.3 is 5.97 Å². The molecule has 0 bridgehead atoms. The average molecular weight is 389 g/mol. The minimum Gasteiger partial charge on any atom is -0.493 e. The molecule has 3 rings (SSSR count). The number of methoxy groups -OCH3 is 1. The number of hydrogen-bond donors (Lipinski definition) is 2. The molecule has 1 fully saturated rings. The molecule has 144 valence electrons. The molecule has 2 unspecified atom stereocenters. The number of rotatable bonds is 8. The SMILES string of the molecule is COc1cc(C2NC(C(=O)O)CS2)ccc1OCCOc1cccc(C)c1. The Kier molecular flexibility index (Phi) is 6.47. The highest BCUT2D eigenvalue weighted by Crippen LogP contribution is 2.37. The molecular formula is C20H23NO5S. The molecule has 7 heteroatoms. The Morgan fingerprint density at radius 2 is 2.00 bits per heavy atom. The van der Waals surface area contributed by atoms with E-state index < -0.39 is 12.0 Å². The summed E-state index contributed by atoms with van der Waals surface area (Å²) in [5, 5.41) is 12.1. The molecule has 1 aliphatic heterocycles. The van der Waals surface area contributed by atoms with Gasteiger partial charge in [-0.3, -0.25) is 10.1 Å². The lowest BCUT2D eigenvalue weighted by Crippen LogP contribution is -2.33. The molecule has 0 aromatic heterocycles. The van der Waals surface area contributed by atoms with Gasteiger partial charge in [0, 0.05) is 5.75 Å². The first-order valence-electron chi connectivity index (χ1n) is 8.67.